The van der Waals surface area contributed by atoms with Crippen molar-refractivity contribution in [3.63, 3.8) is 0 Å². The Kier molecular flexibility index (Phi) is 8.42. The van der Waals surface area contributed by atoms with E-state index in [0.717, 1.165) is 16.7 Å². The molecule has 1 spiro atoms. The van der Waals surface area contributed by atoms with Crippen LogP contribution in [0.4, 0.5) is 4.39 Å². The van der Waals surface area contributed by atoms with Crippen LogP contribution in [0.2, 0.25) is 0 Å². The number of nitrogens with two attached hydrogens (primary N) is 1. The Morgan fingerprint density at radius 1 is 1.21 bits per heavy atom. The lowest BCUT2D eigenvalue weighted by molar-refractivity contribution is -0.147. The van der Waals surface area contributed by atoms with Crippen LogP contribution in [0.25, 0.3) is 0 Å². The lowest BCUT2D eigenvalue weighted by atomic mass is 9.69. The molecule has 2 heterocycles. The van der Waals surface area contributed by atoms with Crippen LogP contribution in [0.3, 0.4) is 0 Å². The molecule has 0 aromatic heterocycles. The van der Waals surface area contributed by atoms with Gasteiger partial charge in [0.15, 0.2) is 0 Å². The Labute approximate surface area is 229 Å². The highest BCUT2D eigenvalue weighted by atomic mass is 19.1. The number of rotatable bonds is 8. The normalized spacial score (nSPS) is 22.3. The van der Waals surface area contributed by atoms with Gasteiger partial charge in [0.2, 0.25) is 17.7 Å². The van der Waals surface area contributed by atoms with Crippen LogP contribution in [0.15, 0.2) is 48.5 Å². The fourth-order valence-electron chi connectivity index (χ4n) is 5.71. The summed E-state index contributed by atoms with van der Waals surface area (Å²) in [6.07, 6.45) is 1.26. The molecule has 2 aromatic rings. The van der Waals surface area contributed by atoms with E-state index in [2.05, 4.69) is 5.32 Å². The van der Waals surface area contributed by atoms with Gasteiger partial charge in [0, 0.05) is 32.6 Å². The third-order valence-corrected chi connectivity index (χ3v) is 8.00. The number of carbonyl (C=O) groups excluding carboxylic acids is 3. The van der Waals surface area contributed by atoms with Gasteiger partial charge in [-0.1, -0.05) is 36.4 Å². The van der Waals surface area contributed by atoms with Gasteiger partial charge in [-0.3, -0.25) is 14.4 Å². The largest absolute Gasteiger partial charge is 0.374 e. The van der Waals surface area contributed by atoms with Gasteiger partial charge in [0.25, 0.3) is 0 Å². The van der Waals surface area contributed by atoms with Gasteiger partial charge in [-0.15, -0.1) is 0 Å². The number of likely N-dealkylation sites (N-methyl/N-ethyl adjacent to an activating group) is 1. The molecule has 3 N–H and O–H groups in total. The van der Waals surface area contributed by atoms with Crippen molar-refractivity contribution in [1.82, 2.24) is 15.1 Å². The Morgan fingerprint density at radius 3 is 2.56 bits per heavy atom. The average molecular weight is 539 g/mol. The fourth-order valence-corrected chi connectivity index (χ4v) is 5.71. The van der Waals surface area contributed by atoms with Crippen molar-refractivity contribution < 1.29 is 23.5 Å². The maximum atomic E-state index is 13.9. The van der Waals surface area contributed by atoms with Gasteiger partial charge in [-0.25, -0.2) is 4.39 Å². The molecule has 0 aliphatic carbocycles. The zero-order chi connectivity index (χ0) is 28.4. The Balaban J connectivity index is 1.55. The SMILES string of the molecule is Cc1ccccc1COCC(NC(=O)C(C)(C)N)C(=O)N1CCCC2(C1)C(=O)N(C)CC2c1ccc(F)cc1. The van der Waals surface area contributed by atoms with Crippen molar-refractivity contribution in [2.24, 2.45) is 11.1 Å². The number of halogens is 1. The first kappa shape index (κ1) is 28.7. The van der Waals surface area contributed by atoms with Crippen molar-refractivity contribution in [3.8, 4) is 0 Å². The number of carbonyl (C=O) groups is 3. The smallest absolute Gasteiger partial charge is 0.247 e. The summed E-state index contributed by atoms with van der Waals surface area (Å²) in [5.41, 5.74) is 6.95. The summed E-state index contributed by atoms with van der Waals surface area (Å²) in [6, 6.07) is 13.1. The number of amides is 3. The molecule has 3 atom stereocenters. The van der Waals surface area contributed by atoms with Crippen molar-refractivity contribution in [1.29, 1.82) is 0 Å². The molecule has 2 fully saturated rings. The monoisotopic (exact) mass is 538 g/mol. The molecule has 3 amide bonds. The van der Waals surface area contributed by atoms with E-state index < -0.39 is 22.9 Å². The second-order valence-electron chi connectivity index (χ2n) is 11.5. The first-order chi connectivity index (χ1) is 18.4. The minimum Gasteiger partial charge on any atom is -0.374 e. The highest BCUT2D eigenvalue weighted by molar-refractivity contribution is 5.92. The lowest BCUT2D eigenvalue weighted by Crippen LogP contribution is -2.60. The van der Waals surface area contributed by atoms with Crippen LogP contribution < -0.4 is 11.1 Å². The van der Waals surface area contributed by atoms with E-state index in [4.69, 9.17) is 10.5 Å². The van der Waals surface area contributed by atoms with Crippen molar-refractivity contribution >= 4 is 17.7 Å². The van der Waals surface area contributed by atoms with E-state index in [1.54, 1.807) is 42.8 Å². The van der Waals surface area contributed by atoms with E-state index in [1.807, 2.05) is 31.2 Å². The average Bonchev–Trinajstić information content (AvgIpc) is 3.13. The first-order valence-corrected chi connectivity index (χ1v) is 13.4. The number of ether oxygens (including phenoxy) is 1. The zero-order valence-corrected chi connectivity index (χ0v) is 23.2. The molecule has 2 aliphatic heterocycles. The minimum absolute atomic E-state index is 0.0196. The molecule has 210 valence electrons. The van der Waals surface area contributed by atoms with Crippen molar-refractivity contribution in [2.45, 2.75) is 57.7 Å². The summed E-state index contributed by atoms with van der Waals surface area (Å²) in [5, 5.41) is 2.79. The number of benzene rings is 2. The molecule has 2 aromatic carbocycles. The van der Waals surface area contributed by atoms with E-state index in [-0.39, 0.29) is 43.3 Å². The summed E-state index contributed by atoms with van der Waals surface area (Å²) >= 11 is 0. The molecule has 8 nitrogen and oxygen atoms in total. The topological polar surface area (TPSA) is 105 Å². The maximum absolute atomic E-state index is 13.9. The predicted octanol–water partition coefficient (Wildman–Crippen LogP) is 2.74. The van der Waals surface area contributed by atoms with Crippen LogP contribution in [0.1, 0.15) is 49.3 Å². The van der Waals surface area contributed by atoms with Crippen LogP contribution in [0, 0.1) is 18.2 Å². The molecule has 0 bridgehead atoms. The number of aryl methyl sites for hydroxylation is 1. The fraction of sp³-hybridized carbons (Fsp3) is 0.500. The molecule has 2 aliphatic rings. The molecular weight excluding hydrogens is 499 g/mol. The number of hydrogen-bond acceptors (Lipinski definition) is 5. The van der Waals surface area contributed by atoms with Crippen LogP contribution in [-0.4, -0.2) is 72.4 Å². The van der Waals surface area contributed by atoms with E-state index in [9.17, 15) is 18.8 Å². The van der Waals surface area contributed by atoms with Gasteiger partial charge in [0.1, 0.15) is 11.9 Å². The van der Waals surface area contributed by atoms with Crippen LogP contribution in [-0.2, 0) is 25.7 Å². The molecule has 39 heavy (non-hydrogen) atoms. The zero-order valence-electron chi connectivity index (χ0n) is 23.2. The Hall–Kier alpha value is -3.30. The quantitative estimate of drug-likeness (QED) is 0.538. The summed E-state index contributed by atoms with van der Waals surface area (Å²) in [5.74, 6) is -1.31. The Morgan fingerprint density at radius 2 is 1.90 bits per heavy atom. The molecule has 9 heteroatoms. The van der Waals surface area contributed by atoms with Crippen molar-refractivity contribution in [3.05, 3.63) is 71.0 Å². The van der Waals surface area contributed by atoms with Crippen molar-refractivity contribution in [2.75, 3.05) is 33.3 Å². The van der Waals surface area contributed by atoms with Gasteiger partial charge in [0.05, 0.1) is 24.2 Å². The highest BCUT2D eigenvalue weighted by Gasteiger charge is 2.56. The van der Waals surface area contributed by atoms with E-state index >= 15 is 0 Å². The predicted molar refractivity (Wildman–Crippen MR) is 146 cm³/mol. The van der Waals surface area contributed by atoms with E-state index in [0.29, 0.717) is 25.9 Å². The summed E-state index contributed by atoms with van der Waals surface area (Å²) in [4.78, 5) is 43.6. The van der Waals surface area contributed by atoms with E-state index in [1.165, 1.54) is 12.1 Å². The molecule has 0 saturated carbocycles. The Bertz CT molecular complexity index is 1210. The lowest BCUT2D eigenvalue weighted by Gasteiger charge is -2.43. The minimum atomic E-state index is -1.19. The number of hydrogen-bond donors (Lipinski definition) is 2. The summed E-state index contributed by atoms with van der Waals surface area (Å²) in [6.45, 7) is 6.57. The summed E-state index contributed by atoms with van der Waals surface area (Å²) < 4.78 is 19.6. The van der Waals surface area contributed by atoms with Gasteiger partial charge < -0.3 is 25.6 Å². The number of likely N-dealkylation sites (tertiary alicyclic amines) is 2. The van der Waals surface area contributed by atoms with Gasteiger partial charge in [-0.05, 0) is 62.4 Å². The standard InChI is InChI=1S/C30H39FN4O4/c1-20-8-5-6-9-22(20)17-39-18-25(33-27(37)29(2,3)32)26(36)35-15-7-14-30(19-35)24(16-34(4)28(30)38)21-10-12-23(31)13-11-21/h5-6,8-13,24-25H,7,14-19,32H2,1-4H3,(H,33,37). The van der Waals surface area contributed by atoms with Crippen LogP contribution >= 0.6 is 0 Å². The van der Waals surface area contributed by atoms with Gasteiger partial charge in [-0.2, -0.15) is 0 Å². The number of nitrogens with zero attached hydrogens (tertiary/aromatic N) is 2. The highest BCUT2D eigenvalue weighted by Crippen LogP contribution is 2.49. The second-order valence-corrected chi connectivity index (χ2v) is 11.5. The maximum Gasteiger partial charge on any atom is 0.247 e. The number of piperidine rings is 1. The molecule has 4 rings (SSSR count). The molecule has 0 radical (unpaired) electrons. The molecule has 3 unspecified atom stereocenters. The molecular formula is C30H39FN4O4. The third kappa shape index (κ3) is 6.15. The first-order valence-electron chi connectivity index (χ1n) is 13.4. The molecule has 2 saturated heterocycles. The number of nitrogens with one attached hydrogen (secondary N) is 1. The summed E-state index contributed by atoms with van der Waals surface area (Å²) in [7, 11) is 1.76. The van der Waals surface area contributed by atoms with Gasteiger partial charge >= 0.3 is 0 Å². The van der Waals surface area contributed by atoms with Crippen LogP contribution in [0.5, 0.6) is 0 Å². The second kappa shape index (κ2) is 11.4. The third-order valence-electron chi connectivity index (χ3n) is 8.00.